The molecule has 3 N–H and O–H groups in total. The Morgan fingerprint density at radius 1 is 1.22 bits per heavy atom. The summed E-state index contributed by atoms with van der Waals surface area (Å²) in [4.78, 5) is 23.3. The molecule has 7 nitrogen and oxygen atoms in total. The van der Waals surface area contributed by atoms with Crippen LogP contribution < -0.4 is 20.7 Å². The average molecular weight is 321 g/mol. The molecular weight excluding hydrogens is 298 g/mol. The molecule has 7 heteroatoms. The van der Waals surface area contributed by atoms with Crippen LogP contribution in [0.4, 0.5) is 4.79 Å². The van der Waals surface area contributed by atoms with Crippen LogP contribution in [-0.2, 0) is 16.1 Å². The van der Waals surface area contributed by atoms with Crippen LogP contribution in [0.15, 0.2) is 24.3 Å². The van der Waals surface area contributed by atoms with Crippen molar-refractivity contribution in [3.63, 3.8) is 0 Å². The molecule has 0 radical (unpaired) electrons. The van der Waals surface area contributed by atoms with Crippen LogP contribution in [0.5, 0.6) is 5.75 Å². The summed E-state index contributed by atoms with van der Waals surface area (Å²) in [5.41, 5.74) is 0.960. The number of benzene rings is 1. The van der Waals surface area contributed by atoms with Gasteiger partial charge in [-0.1, -0.05) is 12.1 Å². The first kappa shape index (κ1) is 17.1. The highest BCUT2D eigenvalue weighted by Gasteiger charge is 2.16. The number of ether oxygens (including phenoxy) is 2. The largest absolute Gasteiger partial charge is 0.497 e. The van der Waals surface area contributed by atoms with Gasteiger partial charge in [0.15, 0.2) is 0 Å². The second-order valence-corrected chi connectivity index (χ2v) is 5.32. The molecule has 2 rings (SSSR count). The number of rotatable bonds is 7. The summed E-state index contributed by atoms with van der Waals surface area (Å²) in [5.74, 6) is 0.526. The lowest BCUT2D eigenvalue weighted by Crippen LogP contribution is -2.43. The van der Waals surface area contributed by atoms with Crippen LogP contribution in [0, 0.1) is 0 Å². The molecule has 0 saturated carbocycles. The molecule has 126 valence electrons. The van der Waals surface area contributed by atoms with Gasteiger partial charge in [0.25, 0.3) is 0 Å². The van der Waals surface area contributed by atoms with Crippen LogP contribution in [0.25, 0.3) is 0 Å². The number of carbonyl (C=O) groups is 2. The SMILES string of the molecule is COc1ccc(CNC(=O)CNC(=O)NCC2CCCO2)cc1. The smallest absolute Gasteiger partial charge is 0.315 e. The fourth-order valence-corrected chi connectivity index (χ4v) is 2.24. The molecule has 3 amide bonds. The summed E-state index contributed by atoms with van der Waals surface area (Å²) in [6.45, 7) is 1.57. The zero-order chi connectivity index (χ0) is 16.5. The van der Waals surface area contributed by atoms with Crippen LogP contribution >= 0.6 is 0 Å². The maximum atomic E-state index is 11.7. The Balaban J connectivity index is 1.59. The zero-order valence-electron chi connectivity index (χ0n) is 13.3. The van der Waals surface area contributed by atoms with Gasteiger partial charge < -0.3 is 25.4 Å². The maximum absolute atomic E-state index is 11.7. The Bertz CT molecular complexity index is 513. The van der Waals surface area contributed by atoms with Gasteiger partial charge in [-0.3, -0.25) is 4.79 Å². The molecule has 1 heterocycles. The maximum Gasteiger partial charge on any atom is 0.315 e. The van der Waals surface area contributed by atoms with E-state index in [1.54, 1.807) is 7.11 Å². The zero-order valence-corrected chi connectivity index (χ0v) is 13.3. The van der Waals surface area contributed by atoms with E-state index in [0.717, 1.165) is 30.8 Å². The van der Waals surface area contributed by atoms with Gasteiger partial charge in [0.1, 0.15) is 5.75 Å². The molecule has 1 fully saturated rings. The molecule has 1 aliphatic rings. The Kier molecular flexibility index (Phi) is 6.68. The highest BCUT2D eigenvalue weighted by molar-refractivity contribution is 5.83. The first-order chi connectivity index (χ1) is 11.2. The van der Waals surface area contributed by atoms with Gasteiger partial charge in [0.05, 0.1) is 19.8 Å². The van der Waals surface area contributed by atoms with E-state index < -0.39 is 0 Å². The Morgan fingerprint density at radius 3 is 2.65 bits per heavy atom. The van der Waals surface area contributed by atoms with Gasteiger partial charge in [-0.2, -0.15) is 0 Å². The van der Waals surface area contributed by atoms with Crippen molar-refractivity contribution < 1.29 is 19.1 Å². The Labute approximate surface area is 135 Å². The predicted octanol–water partition coefficient (Wildman–Crippen LogP) is 0.790. The van der Waals surface area contributed by atoms with E-state index in [9.17, 15) is 9.59 Å². The second-order valence-electron chi connectivity index (χ2n) is 5.32. The Morgan fingerprint density at radius 2 is 2.00 bits per heavy atom. The summed E-state index contributed by atoms with van der Waals surface area (Å²) in [5, 5.41) is 7.96. The van der Waals surface area contributed by atoms with Crippen LogP contribution in [0.3, 0.4) is 0 Å². The van der Waals surface area contributed by atoms with Gasteiger partial charge in [-0.05, 0) is 30.5 Å². The minimum atomic E-state index is -0.361. The fourth-order valence-electron chi connectivity index (χ4n) is 2.24. The molecule has 1 unspecified atom stereocenters. The van der Waals surface area contributed by atoms with Crippen molar-refractivity contribution in [2.24, 2.45) is 0 Å². The quantitative estimate of drug-likeness (QED) is 0.693. The number of hydrogen-bond donors (Lipinski definition) is 3. The molecule has 0 aliphatic carbocycles. The second kappa shape index (κ2) is 8.99. The van der Waals surface area contributed by atoms with Crippen molar-refractivity contribution in [3.05, 3.63) is 29.8 Å². The monoisotopic (exact) mass is 321 g/mol. The van der Waals surface area contributed by atoms with Gasteiger partial charge in [-0.15, -0.1) is 0 Å². The summed E-state index contributed by atoms with van der Waals surface area (Å²) in [7, 11) is 1.60. The lowest BCUT2D eigenvalue weighted by molar-refractivity contribution is -0.120. The van der Waals surface area contributed by atoms with E-state index in [4.69, 9.17) is 9.47 Å². The normalized spacial score (nSPS) is 16.7. The predicted molar refractivity (Wildman–Crippen MR) is 85.2 cm³/mol. The summed E-state index contributed by atoms with van der Waals surface area (Å²) in [6.07, 6.45) is 2.08. The molecule has 1 aromatic rings. The summed E-state index contributed by atoms with van der Waals surface area (Å²) < 4.78 is 10.5. The highest BCUT2D eigenvalue weighted by atomic mass is 16.5. The highest BCUT2D eigenvalue weighted by Crippen LogP contribution is 2.11. The first-order valence-electron chi connectivity index (χ1n) is 7.70. The molecule has 1 aliphatic heterocycles. The standard InChI is InChI=1S/C16H23N3O4/c1-22-13-6-4-12(5-7-13)9-17-15(20)11-19-16(21)18-10-14-3-2-8-23-14/h4-7,14H,2-3,8-11H2,1H3,(H,17,20)(H2,18,19,21). The van der Waals surface area contributed by atoms with E-state index in [1.165, 1.54) is 0 Å². The lowest BCUT2D eigenvalue weighted by Gasteiger charge is -2.12. The van der Waals surface area contributed by atoms with E-state index >= 15 is 0 Å². The van der Waals surface area contributed by atoms with Crippen molar-refractivity contribution in [2.75, 3.05) is 26.8 Å². The number of nitrogens with one attached hydrogen (secondary N) is 3. The van der Waals surface area contributed by atoms with Gasteiger partial charge >= 0.3 is 6.03 Å². The number of methoxy groups -OCH3 is 1. The first-order valence-corrected chi connectivity index (χ1v) is 7.70. The molecule has 0 spiro atoms. The lowest BCUT2D eigenvalue weighted by atomic mass is 10.2. The Hall–Kier alpha value is -2.28. The molecule has 1 saturated heterocycles. The van der Waals surface area contributed by atoms with Crippen LogP contribution in [-0.4, -0.2) is 44.8 Å². The molecule has 0 aromatic heterocycles. The van der Waals surface area contributed by atoms with E-state index in [-0.39, 0.29) is 24.6 Å². The van der Waals surface area contributed by atoms with Crippen molar-refractivity contribution in [1.29, 1.82) is 0 Å². The van der Waals surface area contributed by atoms with Crippen molar-refractivity contribution >= 4 is 11.9 Å². The molecule has 23 heavy (non-hydrogen) atoms. The molecule has 0 bridgehead atoms. The van der Waals surface area contributed by atoms with Crippen molar-refractivity contribution in [2.45, 2.75) is 25.5 Å². The number of urea groups is 1. The molecule has 1 aromatic carbocycles. The van der Waals surface area contributed by atoms with Gasteiger partial charge in [0.2, 0.25) is 5.91 Å². The van der Waals surface area contributed by atoms with E-state index in [0.29, 0.717) is 13.1 Å². The third-order valence-corrected chi connectivity index (χ3v) is 3.57. The summed E-state index contributed by atoms with van der Waals surface area (Å²) >= 11 is 0. The fraction of sp³-hybridized carbons (Fsp3) is 0.500. The minimum absolute atomic E-state index is 0.0620. The number of hydrogen-bond acceptors (Lipinski definition) is 4. The average Bonchev–Trinajstić information content (AvgIpc) is 3.10. The molecular formula is C16H23N3O4. The van der Waals surface area contributed by atoms with Crippen LogP contribution in [0.1, 0.15) is 18.4 Å². The van der Waals surface area contributed by atoms with E-state index in [1.807, 2.05) is 24.3 Å². The third-order valence-electron chi connectivity index (χ3n) is 3.57. The minimum Gasteiger partial charge on any atom is -0.497 e. The van der Waals surface area contributed by atoms with Crippen LogP contribution in [0.2, 0.25) is 0 Å². The third kappa shape index (κ3) is 6.15. The number of carbonyl (C=O) groups excluding carboxylic acids is 2. The van der Waals surface area contributed by atoms with Crippen molar-refractivity contribution in [1.82, 2.24) is 16.0 Å². The summed E-state index contributed by atoms with van der Waals surface area (Å²) in [6, 6.07) is 7.05. The van der Waals surface area contributed by atoms with Gasteiger partial charge in [-0.25, -0.2) is 4.79 Å². The van der Waals surface area contributed by atoms with Gasteiger partial charge in [0, 0.05) is 19.7 Å². The van der Waals surface area contributed by atoms with Crippen molar-refractivity contribution in [3.8, 4) is 5.75 Å². The van der Waals surface area contributed by atoms with E-state index in [2.05, 4.69) is 16.0 Å². The molecule has 1 atom stereocenters. The topological polar surface area (TPSA) is 88.7 Å². The number of amides is 3.